The number of aromatic nitrogens is 1. The van der Waals surface area contributed by atoms with Crippen LogP contribution >= 0.6 is 0 Å². The van der Waals surface area contributed by atoms with Gasteiger partial charge in [0.25, 0.3) is 5.91 Å². The largest absolute Gasteiger partial charge is 0.342 e. The third-order valence-electron chi connectivity index (χ3n) is 4.12. The van der Waals surface area contributed by atoms with Crippen LogP contribution in [0.15, 0.2) is 17.2 Å². The van der Waals surface area contributed by atoms with Gasteiger partial charge < -0.3 is 9.47 Å². The Labute approximate surface area is 126 Å². The number of likely N-dealkylation sites (tertiary alicyclic amines) is 1. The predicted molar refractivity (Wildman–Crippen MR) is 80.4 cm³/mol. The van der Waals surface area contributed by atoms with Gasteiger partial charge in [0.15, 0.2) is 0 Å². The van der Waals surface area contributed by atoms with Gasteiger partial charge in [0.2, 0.25) is 10.0 Å². The molecule has 1 aromatic rings. The lowest BCUT2D eigenvalue weighted by atomic mass is 9.99. The quantitative estimate of drug-likeness (QED) is 0.915. The summed E-state index contributed by atoms with van der Waals surface area (Å²) in [6.45, 7) is 5.21. The summed E-state index contributed by atoms with van der Waals surface area (Å²) in [5.41, 5.74) is 0.405. The van der Waals surface area contributed by atoms with Crippen LogP contribution in [0, 0.1) is 0 Å². The summed E-state index contributed by atoms with van der Waals surface area (Å²) >= 11 is 0. The van der Waals surface area contributed by atoms with E-state index in [1.807, 2.05) is 11.8 Å². The molecule has 0 aromatic carbocycles. The number of nitrogens with zero attached hydrogens (tertiary/aromatic N) is 2. The third kappa shape index (κ3) is 3.29. The molecule has 1 aliphatic rings. The van der Waals surface area contributed by atoms with E-state index in [1.165, 1.54) is 12.3 Å². The molecule has 2 rings (SSSR count). The number of nitrogens with two attached hydrogens (primary N) is 1. The molecule has 0 bridgehead atoms. The van der Waals surface area contributed by atoms with Crippen LogP contribution in [0.25, 0.3) is 0 Å². The molecule has 1 aromatic heterocycles. The lowest BCUT2D eigenvalue weighted by molar-refractivity contribution is 0.0597. The highest BCUT2D eigenvalue weighted by atomic mass is 32.2. The zero-order valence-corrected chi connectivity index (χ0v) is 13.4. The first-order valence-electron chi connectivity index (χ1n) is 7.42. The summed E-state index contributed by atoms with van der Waals surface area (Å²) in [6.07, 6.45) is 5.50. The SMILES string of the molecule is CCC1CCCCN1C(=O)c1cc(S(N)(=O)=O)cn1CC. The number of hydrogen-bond donors (Lipinski definition) is 1. The monoisotopic (exact) mass is 313 g/mol. The van der Waals surface area contributed by atoms with E-state index >= 15 is 0 Å². The van der Waals surface area contributed by atoms with Gasteiger partial charge in [-0.25, -0.2) is 13.6 Å². The molecular formula is C14H23N3O3S. The molecule has 2 heterocycles. The molecular weight excluding hydrogens is 290 g/mol. The van der Waals surface area contributed by atoms with Gasteiger partial charge in [-0.1, -0.05) is 6.92 Å². The average Bonchev–Trinajstić information content (AvgIpc) is 2.90. The van der Waals surface area contributed by atoms with Crippen molar-refractivity contribution in [2.45, 2.75) is 57.0 Å². The van der Waals surface area contributed by atoms with Gasteiger partial charge in [-0.2, -0.15) is 0 Å². The summed E-state index contributed by atoms with van der Waals surface area (Å²) in [7, 11) is -3.79. The zero-order valence-electron chi connectivity index (χ0n) is 12.6. The third-order valence-corrected chi connectivity index (χ3v) is 5.00. The van der Waals surface area contributed by atoms with Gasteiger partial charge in [0.1, 0.15) is 10.6 Å². The molecule has 1 amide bonds. The molecule has 0 radical (unpaired) electrons. The molecule has 0 saturated carbocycles. The average molecular weight is 313 g/mol. The number of amides is 1. The molecule has 1 aliphatic heterocycles. The molecule has 1 unspecified atom stereocenters. The maximum Gasteiger partial charge on any atom is 0.270 e. The smallest absolute Gasteiger partial charge is 0.270 e. The number of carbonyl (C=O) groups excluding carboxylic acids is 1. The first kappa shape index (κ1) is 16.0. The van der Waals surface area contributed by atoms with Crippen LogP contribution in [0.4, 0.5) is 0 Å². The van der Waals surface area contributed by atoms with Crippen LogP contribution in [-0.2, 0) is 16.6 Å². The Kier molecular flexibility index (Phi) is 4.73. The van der Waals surface area contributed by atoms with E-state index in [2.05, 4.69) is 6.92 Å². The molecule has 21 heavy (non-hydrogen) atoms. The van der Waals surface area contributed by atoms with Crippen molar-refractivity contribution in [1.82, 2.24) is 9.47 Å². The van der Waals surface area contributed by atoms with Crippen LogP contribution in [0.5, 0.6) is 0 Å². The van der Waals surface area contributed by atoms with Gasteiger partial charge in [-0.3, -0.25) is 4.79 Å². The Balaban J connectivity index is 2.36. The molecule has 1 fully saturated rings. The van der Waals surface area contributed by atoms with E-state index in [0.29, 0.717) is 12.2 Å². The fourth-order valence-electron chi connectivity index (χ4n) is 2.92. The normalized spacial score (nSPS) is 19.8. The Morgan fingerprint density at radius 2 is 2.10 bits per heavy atom. The lowest BCUT2D eigenvalue weighted by Gasteiger charge is -2.35. The molecule has 118 valence electrons. The van der Waals surface area contributed by atoms with Crippen molar-refractivity contribution in [2.24, 2.45) is 5.14 Å². The second-order valence-electron chi connectivity index (χ2n) is 5.45. The van der Waals surface area contributed by atoms with E-state index < -0.39 is 10.0 Å². The summed E-state index contributed by atoms with van der Waals surface area (Å²) in [4.78, 5) is 14.6. The molecule has 0 aliphatic carbocycles. The van der Waals surface area contributed by atoms with Crippen LogP contribution in [0.3, 0.4) is 0 Å². The second kappa shape index (κ2) is 6.19. The van der Waals surface area contributed by atoms with E-state index in [4.69, 9.17) is 5.14 Å². The first-order valence-corrected chi connectivity index (χ1v) is 8.97. The maximum atomic E-state index is 12.8. The lowest BCUT2D eigenvalue weighted by Crippen LogP contribution is -2.44. The van der Waals surface area contributed by atoms with Crippen molar-refractivity contribution in [2.75, 3.05) is 6.54 Å². The Hall–Kier alpha value is -1.34. The van der Waals surface area contributed by atoms with Gasteiger partial charge in [-0.05, 0) is 38.7 Å². The number of piperidine rings is 1. The summed E-state index contributed by atoms with van der Waals surface area (Å²) in [6, 6.07) is 1.63. The van der Waals surface area contributed by atoms with Gasteiger partial charge in [0.05, 0.1) is 0 Å². The Morgan fingerprint density at radius 1 is 1.38 bits per heavy atom. The fraction of sp³-hybridized carbons (Fsp3) is 0.643. The highest BCUT2D eigenvalue weighted by Gasteiger charge is 2.29. The maximum absolute atomic E-state index is 12.8. The standard InChI is InChI=1S/C14H23N3O3S/c1-3-11-7-5-6-8-17(11)14(18)13-9-12(21(15,19)20)10-16(13)4-2/h9-11H,3-8H2,1-2H3,(H2,15,19,20). The minimum Gasteiger partial charge on any atom is -0.342 e. The Bertz CT molecular complexity index is 621. The van der Waals surface area contributed by atoms with E-state index in [0.717, 1.165) is 32.2 Å². The summed E-state index contributed by atoms with van der Waals surface area (Å²) < 4.78 is 24.6. The van der Waals surface area contributed by atoms with Gasteiger partial charge in [0, 0.05) is 25.3 Å². The van der Waals surface area contributed by atoms with Crippen molar-refractivity contribution < 1.29 is 13.2 Å². The predicted octanol–water partition coefficient (Wildman–Crippen LogP) is 1.56. The van der Waals surface area contributed by atoms with Crippen LogP contribution in [0.1, 0.15) is 50.0 Å². The number of rotatable bonds is 4. The van der Waals surface area contributed by atoms with Crippen LogP contribution in [-0.4, -0.2) is 36.4 Å². The second-order valence-corrected chi connectivity index (χ2v) is 7.01. The Morgan fingerprint density at radius 3 is 2.67 bits per heavy atom. The molecule has 6 nitrogen and oxygen atoms in total. The van der Waals surface area contributed by atoms with Crippen LogP contribution < -0.4 is 5.14 Å². The van der Waals surface area contributed by atoms with Crippen molar-refractivity contribution in [3.63, 3.8) is 0 Å². The topological polar surface area (TPSA) is 85.4 Å². The van der Waals surface area contributed by atoms with Gasteiger partial charge >= 0.3 is 0 Å². The molecule has 2 N–H and O–H groups in total. The number of carbonyl (C=O) groups is 1. The fourth-order valence-corrected chi connectivity index (χ4v) is 3.47. The van der Waals surface area contributed by atoms with Crippen molar-refractivity contribution in [3.05, 3.63) is 18.0 Å². The van der Waals surface area contributed by atoms with E-state index in [9.17, 15) is 13.2 Å². The van der Waals surface area contributed by atoms with Gasteiger partial charge in [-0.15, -0.1) is 0 Å². The minimum absolute atomic E-state index is 0.00208. The van der Waals surface area contributed by atoms with Crippen molar-refractivity contribution in [1.29, 1.82) is 0 Å². The first-order chi connectivity index (χ1) is 9.88. The molecule has 1 saturated heterocycles. The summed E-state index contributed by atoms with van der Waals surface area (Å²) in [5.74, 6) is -0.0988. The number of aryl methyl sites for hydroxylation is 1. The van der Waals surface area contributed by atoms with E-state index in [-0.39, 0.29) is 16.8 Å². The van der Waals surface area contributed by atoms with Crippen molar-refractivity contribution >= 4 is 15.9 Å². The number of hydrogen-bond acceptors (Lipinski definition) is 3. The highest BCUT2D eigenvalue weighted by Crippen LogP contribution is 2.23. The van der Waals surface area contributed by atoms with E-state index in [1.54, 1.807) is 4.57 Å². The number of primary sulfonamides is 1. The zero-order chi connectivity index (χ0) is 15.6. The van der Waals surface area contributed by atoms with Crippen molar-refractivity contribution in [3.8, 4) is 0 Å². The summed E-state index contributed by atoms with van der Waals surface area (Å²) in [5, 5.41) is 5.16. The molecule has 1 atom stereocenters. The van der Waals surface area contributed by atoms with Crippen LogP contribution in [0.2, 0.25) is 0 Å². The highest BCUT2D eigenvalue weighted by molar-refractivity contribution is 7.89. The minimum atomic E-state index is -3.79. The molecule has 0 spiro atoms. The molecule has 7 heteroatoms. The number of sulfonamides is 1.